The highest BCUT2D eigenvalue weighted by Crippen LogP contribution is 2.35. The second-order valence-corrected chi connectivity index (χ2v) is 7.87. The van der Waals surface area contributed by atoms with Crippen molar-refractivity contribution in [2.24, 2.45) is 5.92 Å². The first-order chi connectivity index (χ1) is 13.6. The Labute approximate surface area is 166 Å². The van der Waals surface area contributed by atoms with E-state index in [1.807, 2.05) is 30.3 Å². The molecule has 1 unspecified atom stereocenters. The van der Waals surface area contributed by atoms with Crippen LogP contribution < -0.4 is 20.1 Å². The van der Waals surface area contributed by atoms with Gasteiger partial charge in [-0.1, -0.05) is 18.2 Å². The molecule has 0 saturated carbocycles. The maximum absolute atomic E-state index is 11.6. The molecule has 2 aromatic rings. The van der Waals surface area contributed by atoms with Gasteiger partial charge in [0.2, 0.25) is 5.91 Å². The van der Waals surface area contributed by atoms with Gasteiger partial charge in [-0.2, -0.15) is 0 Å². The number of hydrogen-bond donors (Lipinski definition) is 2. The van der Waals surface area contributed by atoms with E-state index in [0.29, 0.717) is 30.9 Å². The maximum atomic E-state index is 11.6. The van der Waals surface area contributed by atoms with Gasteiger partial charge in [0.25, 0.3) is 0 Å². The van der Waals surface area contributed by atoms with Crippen molar-refractivity contribution < 1.29 is 14.3 Å². The van der Waals surface area contributed by atoms with Crippen molar-refractivity contribution in [3.63, 3.8) is 0 Å². The molecular formula is C23H28N2O3. The van der Waals surface area contributed by atoms with Gasteiger partial charge >= 0.3 is 0 Å². The molecule has 2 aromatic carbocycles. The lowest BCUT2D eigenvalue weighted by Gasteiger charge is -2.26. The minimum atomic E-state index is 0.0513. The van der Waals surface area contributed by atoms with Crippen molar-refractivity contribution in [1.29, 1.82) is 0 Å². The lowest BCUT2D eigenvalue weighted by Crippen LogP contribution is -2.27. The third-order valence-electron chi connectivity index (χ3n) is 5.89. The van der Waals surface area contributed by atoms with Crippen molar-refractivity contribution >= 4 is 11.6 Å². The Hall–Kier alpha value is -2.53. The van der Waals surface area contributed by atoms with Gasteiger partial charge in [-0.25, -0.2) is 0 Å². The highest BCUT2D eigenvalue weighted by molar-refractivity contribution is 5.99. The summed E-state index contributed by atoms with van der Waals surface area (Å²) in [6.45, 7) is 3.92. The van der Waals surface area contributed by atoms with Crippen LogP contribution in [-0.2, 0) is 11.2 Å². The predicted molar refractivity (Wildman–Crippen MR) is 110 cm³/mol. The van der Waals surface area contributed by atoms with Gasteiger partial charge in [0, 0.05) is 23.7 Å². The van der Waals surface area contributed by atoms with Crippen molar-refractivity contribution in [1.82, 2.24) is 5.32 Å². The fraction of sp³-hybridized carbons (Fsp3) is 0.435. The Morgan fingerprint density at radius 3 is 2.68 bits per heavy atom. The van der Waals surface area contributed by atoms with Crippen LogP contribution in [0.3, 0.4) is 0 Å². The maximum Gasteiger partial charge on any atom is 0.228 e. The van der Waals surface area contributed by atoms with Gasteiger partial charge in [0.1, 0.15) is 11.5 Å². The molecule has 0 aromatic heterocycles. The summed E-state index contributed by atoms with van der Waals surface area (Å²) in [4.78, 5) is 11.6. The summed E-state index contributed by atoms with van der Waals surface area (Å²) < 4.78 is 11.5. The van der Waals surface area contributed by atoms with Crippen LogP contribution in [0.1, 0.15) is 36.8 Å². The zero-order valence-corrected chi connectivity index (χ0v) is 16.5. The molecular weight excluding hydrogens is 352 g/mol. The zero-order valence-electron chi connectivity index (χ0n) is 16.5. The average molecular weight is 380 g/mol. The molecule has 148 valence electrons. The van der Waals surface area contributed by atoms with Gasteiger partial charge in [0.05, 0.1) is 20.1 Å². The smallest absolute Gasteiger partial charge is 0.228 e. The minimum Gasteiger partial charge on any atom is -0.497 e. The van der Waals surface area contributed by atoms with Crippen LogP contribution in [0.2, 0.25) is 0 Å². The van der Waals surface area contributed by atoms with Gasteiger partial charge in [-0.3, -0.25) is 4.79 Å². The third-order valence-corrected chi connectivity index (χ3v) is 5.89. The van der Waals surface area contributed by atoms with E-state index < -0.39 is 0 Å². The third kappa shape index (κ3) is 4.14. The molecule has 0 aliphatic carbocycles. The Balaban J connectivity index is 1.49. The van der Waals surface area contributed by atoms with Crippen LogP contribution in [-0.4, -0.2) is 32.2 Å². The molecule has 2 aliphatic rings. The lowest BCUT2D eigenvalue weighted by molar-refractivity contribution is -0.115. The lowest BCUT2D eigenvalue weighted by atomic mass is 9.82. The summed E-state index contributed by atoms with van der Waals surface area (Å²) in [5.74, 6) is 2.62. The van der Waals surface area contributed by atoms with Gasteiger partial charge in [0.15, 0.2) is 0 Å². The van der Waals surface area contributed by atoms with Crippen molar-refractivity contribution in [3.8, 4) is 11.5 Å². The number of carbonyl (C=O) groups excluding carboxylic acids is 1. The summed E-state index contributed by atoms with van der Waals surface area (Å²) >= 11 is 0. The first-order valence-electron chi connectivity index (χ1n) is 10.1. The second-order valence-electron chi connectivity index (χ2n) is 7.87. The van der Waals surface area contributed by atoms with Crippen molar-refractivity contribution in [2.45, 2.75) is 38.1 Å². The summed E-state index contributed by atoms with van der Waals surface area (Å²) in [5.41, 5.74) is 3.26. The molecule has 0 radical (unpaired) electrons. The molecule has 4 rings (SSSR count). The largest absolute Gasteiger partial charge is 0.497 e. The fourth-order valence-corrected chi connectivity index (χ4v) is 4.38. The van der Waals surface area contributed by atoms with E-state index in [4.69, 9.17) is 9.47 Å². The number of nitrogens with one attached hydrogen (secondary N) is 2. The molecule has 3 atom stereocenters. The molecule has 0 spiro atoms. The van der Waals surface area contributed by atoms with Crippen LogP contribution in [0, 0.1) is 5.92 Å². The average Bonchev–Trinajstić information content (AvgIpc) is 2.97. The second kappa shape index (κ2) is 8.23. The highest BCUT2D eigenvalue weighted by Gasteiger charge is 2.28. The number of carbonyl (C=O) groups is 1. The van der Waals surface area contributed by atoms with E-state index in [1.165, 1.54) is 5.56 Å². The van der Waals surface area contributed by atoms with E-state index in [2.05, 4.69) is 29.7 Å². The molecule has 2 aliphatic heterocycles. The number of anilines is 1. The van der Waals surface area contributed by atoms with Crippen LogP contribution in [0.15, 0.2) is 42.5 Å². The SMILES string of the molecule is COc1ccc([C@H]2CCNC(C)C[C@@H]2COc2ccc3c(c2)NC(=O)C3)cc1. The Kier molecular flexibility index (Phi) is 5.53. The molecule has 0 bridgehead atoms. The van der Waals surface area contributed by atoms with E-state index in [1.54, 1.807) is 7.11 Å². The number of rotatable bonds is 5. The van der Waals surface area contributed by atoms with Gasteiger partial charge in [-0.15, -0.1) is 0 Å². The first-order valence-corrected chi connectivity index (χ1v) is 10.1. The van der Waals surface area contributed by atoms with Crippen molar-refractivity contribution in [2.75, 3.05) is 25.6 Å². The molecule has 1 fully saturated rings. The fourth-order valence-electron chi connectivity index (χ4n) is 4.38. The van der Waals surface area contributed by atoms with Crippen LogP contribution >= 0.6 is 0 Å². The molecule has 5 heteroatoms. The highest BCUT2D eigenvalue weighted by atomic mass is 16.5. The standard InChI is InChI=1S/C23H28N2O3/c1-15-11-18(14-28-20-8-5-17-12-23(26)25-22(17)13-20)21(9-10-24-15)16-3-6-19(27-2)7-4-16/h3-8,13,15,18,21,24H,9-12,14H2,1-2H3,(H,25,26)/t15?,18-,21-/m1/s1. The van der Waals surface area contributed by atoms with Crippen LogP contribution in [0.5, 0.6) is 11.5 Å². The number of benzene rings is 2. The number of fused-ring (bicyclic) bond motifs is 1. The predicted octanol–water partition coefficient (Wildman–Crippen LogP) is 3.74. The van der Waals surface area contributed by atoms with E-state index in [9.17, 15) is 4.79 Å². The molecule has 28 heavy (non-hydrogen) atoms. The summed E-state index contributed by atoms with van der Waals surface area (Å²) in [6, 6.07) is 14.8. The number of ether oxygens (including phenoxy) is 2. The summed E-state index contributed by atoms with van der Waals surface area (Å²) in [7, 11) is 1.70. The molecule has 1 saturated heterocycles. The van der Waals surface area contributed by atoms with E-state index >= 15 is 0 Å². The molecule has 1 amide bonds. The topological polar surface area (TPSA) is 59.6 Å². The minimum absolute atomic E-state index is 0.0513. The normalized spacial score (nSPS) is 24.2. The molecule has 2 heterocycles. The summed E-state index contributed by atoms with van der Waals surface area (Å²) in [5, 5.41) is 6.50. The number of hydrogen-bond acceptors (Lipinski definition) is 4. The monoisotopic (exact) mass is 380 g/mol. The number of methoxy groups -OCH3 is 1. The van der Waals surface area contributed by atoms with Gasteiger partial charge in [-0.05, 0) is 61.6 Å². The summed E-state index contributed by atoms with van der Waals surface area (Å²) in [6.07, 6.45) is 2.62. The van der Waals surface area contributed by atoms with Gasteiger partial charge < -0.3 is 20.1 Å². The quantitative estimate of drug-likeness (QED) is 0.830. The Morgan fingerprint density at radius 1 is 1.11 bits per heavy atom. The van der Waals surface area contributed by atoms with Crippen molar-refractivity contribution in [3.05, 3.63) is 53.6 Å². The molecule has 5 nitrogen and oxygen atoms in total. The van der Waals surface area contributed by atoms with Crippen LogP contribution in [0.25, 0.3) is 0 Å². The number of amides is 1. The van der Waals surface area contributed by atoms with Crippen LogP contribution in [0.4, 0.5) is 5.69 Å². The first kappa shape index (κ1) is 18.8. The van der Waals surface area contributed by atoms with E-state index in [-0.39, 0.29) is 5.91 Å². The Morgan fingerprint density at radius 2 is 1.89 bits per heavy atom. The van der Waals surface area contributed by atoms with E-state index in [0.717, 1.165) is 42.1 Å². The zero-order chi connectivity index (χ0) is 19.5. The molecule has 2 N–H and O–H groups in total. The Bertz CT molecular complexity index is 834.